The van der Waals surface area contributed by atoms with E-state index in [1.165, 1.54) is 4.90 Å². The van der Waals surface area contributed by atoms with E-state index in [0.29, 0.717) is 35.0 Å². The number of anilines is 2. The number of aromatic nitrogens is 2. The van der Waals surface area contributed by atoms with Crippen molar-refractivity contribution in [1.82, 2.24) is 14.9 Å². The SMILES string of the molecule is CCCCOC(=O)N(C)c1cc(Oc2ccc(-n3ccnc3)cc2)ccc1NC(=O)COc1ccc(CC2SC(=O)NC2=O)cc1. The fraction of sp³-hybridized carbons (Fsp3) is 0.242. The zero-order valence-electron chi connectivity index (χ0n) is 25.3. The number of carbonyl (C=O) groups excluding carboxylic acids is 4. The summed E-state index contributed by atoms with van der Waals surface area (Å²) in [6.07, 6.45) is 6.68. The van der Waals surface area contributed by atoms with E-state index in [1.54, 1.807) is 62.0 Å². The van der Waals surface area contributed by atoms with Crippen LogP contribution < -0.4 is 25.0 Å². The Bertz CT molecular complexity index is 1680. The molecule has 1 aliphatic rings. The number of imidazole rings is 1. The highest BCUT2D eigenvalue weighted by Crippen LogP contribution is 2.33. The first-order chi connectivity index (χ1) is 22.3. The van der Waals surface area contributed by atoms with Gasteiger partial charge in [0.25, 0.3) is 11.1 Å². The van der Waals surface area contributed by atoms with Gasteiger partial charge in [-0.3, -0.25) is 24.6 Å². The van der Waals surface area contributed by atoms with Gasteiger partial charge in [0.1, 0.15) is 17.2 Å². The number of unbranched alkanes of at least 4 members (excludes halogenated alkanes) is 1. The van der Waals surface area contributed by atoms with Crippen molar-refractivity contribution in [1.29, 1.82) is 0 Å². The van der Waals surface area contributed by atoms with E-state index in [9.17, 15) is 19.2 Å². The molecule has 12 nitrogen and oxygen atoms in total. The third kappa shape index (κ3) is 8.45. The van der Waals surface area contributed by atoms with Crippen LogP contribution in [0.1, 0.15) is 25.3 Å². The number of nitrogens with zero attached hydrogens (tertiary/aromatic N) is 3. The number of hydrogen-bond acceptors (Lipinski definition) is 9. The summed E-state index contributed by atoms with van der Waals surface area (Å²) in [6.45, 7) is 1.99. The van der Waals surface area contributed by atoms with E-state index in [1.807, 2.05) is 42.0 Å². The van der Waals surface area contributed by atoms with E-state index in [2.05, 4.69) is 15.6 Å². The van der Waals surface area contributed by atoms with Gasteiger partial charge in [0.05, 0.1) is 29.6 Å². The highest BCUT2D eigenvalue weighted by atomic mass is 32.2. The minimum absolute atomic E-state index is 0.276. The van der Waals surface area contributed by atoms with Crippen molar-refractivity contribution in [3.8, 4) is 22.9 Å². The first kappa shape index (κ1) is 32.1. The molecule has 238 valence electrons. The van der Waals surface area contributed by atoms with Crippen molar-refractivity contribution < 1.29 is 33.4 Å². The van der Waals surface area contributed by atoms with Crippen molar-refractivity contribution >= 4 is 46.3 Å². The van der Waals surface area contributed by atoms with E-state index in [-0.39, 0.29) is 24.4 Å². The van der Waals surface area contributed by atoms with Crippen molar-refractivity contribution in [2.75, 3.05) is 30.5 Å². The number of benzene rings is 3. The first-order valence-electron chi connectivity index (χ1n) is 14.6. The number of thioether (sulfide) groups is 1. The van der Waals surface area contributed by atoms with Crippen LogP contribution in [-0.2, 0) is 20.7 Å². The van der Waals surface area contributed by atoms with Crippen LogP contribution in [0.5, 0.6) is 17.2 Å². The van der Waals surface area contributed by atoms with Crippen LogP contribution in [0.25, 0.3) is 5.69 Å². The molecule has 0 aliphatic carbocycles. The summed E-state index contributed by atoms with van der Waals surface area (Å²) in [7, 11) is 1.56. The molecule has 1 aromatic heterocycles. The predicted molar refractivity (Wildman–Crippen MR) is 174 cm³/mol. The van der Waals surface area contributed by atoms with Crippen molar-refractivity contribution in [2.45, 2.75) is 31.4 Å². The van der Waals surface area contributed by atoms with Gasteiger partial charge in [-0.15, -0.1) is 0 Å². The van der Waals surface area contributed by atoms with Crippen LogP contribution in [0.4, 0.5) is 21.0 Å². The number of nitrogens with one attached hydrogen (secondary N) is 2. The monoisotopic (exact) mass is 643 g/mol. The molecule has 5 rings (SSSR count). The Morgan fingerprint density at radius 2 is 1.76 bits per heavy atom. The molecule has 0 radical (unpaired) electrons. The number of imide groups is 1. The fourth-order valence-electron chi connectivity index (χ4n) is 4.49. The quantitative estimate of drug-likeness (QED) is 0.169. The molecule has 4 amide bonds. The molecule has 1 atom stereocenters. The maximum Gasteiger partial charge on any atom is 0.414 e. The normalized spacial score (nSPS) is 14.0. The lowest BCUT2D eigenvalue weighted by atomic mass is 10.1. The van der Waals surface area contributed by atoms with Gasteiger partial charge in [0, 0.05) is 31.2 Å². The van der Waals surface area contributed by atoms with Crippen LogP contribution in [0, 0.1) is 0 Å². The van der Waals surface area contributed by atoms with Crippen LogP contribution in [-0.4, -0.2) is 58.2 Å². The molecular formula is C33H33N5O7S. The largest absolute Gasteiger partial charge is 0.484 e. The first-order valence-corrected chi connectivity index (χ1v) is 15.5. The molecule has 2 heterocycles. The van der Waals surface area contributed by atoms with Gasteiger partial charge in [-0.2, -0.15) is 0 Å². The zero-order chi connectivity index (χ0) is 32.5. The third-order valence-corrected chi connectivity index (χ3v) is 7.94. The summed E-state index contributed by atoms with van der Waals surface area (Å²) in [5.41, 5.74) is 2.52. The Morgan fingerprint density at radius 1 is 1.02 bits per heavy atom. The molecular weight excluding hydrogens is 610 g/mol. The molecule has 4 aromatic rings. The molecule has 0 bridgehead atoms. The molecule has 3 aromatic carbocycles. The number of rotatable bonds is 13. The molecule has 1 unspecified atom stereocenters. The number of carbonyl (C=O) groups is 4. The van der Waals surface area contributed by atoms with Crippen LogP contribution in [0.15, 0.2) is 85.5 Å². The lowest BCUT2D eigenvalue weighted by molar-refractivity contribution is -0.119. The Morgan fingerprint density at radius 3 is 2.43 bits per heavy atom. The number of amides is 4. The van der Waals surface area contributed by atoms with Gasteiger partial charge in [0.2, 0.25) is 5.91 Å². The van der Waals surface area contributed by atoms with E-state index in [4.69, 9.17) is 14.2 Å². The summed E-state index contributed by atoms with van der Waals surface area (Å²) in [5.74, 6) is 0.743. The summed E-state index contributed by atoms with van der Waals surface area (Å²) in [5, 5.41) is 4.28. The fourth-order valence-corrected chi connectivity index (χ4v) is 5.35. The lowest BCUT2D eigenvalue weighted by Crippen LogP contribution is -2.29. The Balaban J connectivity index is 1.24. The summed E-state index contributed by atoms with van der Waals surface area (Å²) in [6, 6.07) is 19.4. The van der Waals surface area contributed by atoms with Crippen molar-refractivity contribution in [3.05, 3.63) is 91.0 Å². The molecule has 46 heavy (non-hydrogen) atoms. The van der Waals surface area contributed by atoms with Gasteiger partial charge in [-0.1, -0.05) is 37.2 Å². The minimum Gasteiger partial charge on any atom is -0.484 e. The van der Waals surface area contributed by atoms with Gasteiger partial charge in [-0.25, -0.2) is 9.78 Å². The predicted octanol–water partition coefficient (Wildman–Crippen LogP) is 5.95. The molecule has 2 N–H and O–H groups in total. The molecule has 13 heteroatoms. The standard InChI is InChI=1S/C33H33N5O7S/c1-3-4-17-43-33(42)37(2)28-19-26(45-25-11-7-23(8-12-25)38-16-15-34-21-38)13-14-27(28)35-30(39)20-44-24-9-5-22(6-10-24)18-29-31(40)36-32(41)46-29/h5-16,19,21,29H,3-4,17-18,20H2,1-2H3,(H,35,39)(H,36,40,41). The number of hydrogen-bond donors (Lipinski definition) is 2. The zero-order valence-corrected chi connectivity index (χ0v) is 26.1. The lowest BCUT2D eigenvalue weighted by Gasteiger charge is -2.22. The maximum atomic E-state index is 12.9. The Kier molecular flexibility index (Phi) is 10.6. The summed E-state index contributed by atoms with van der Waals surface area (Å²) < 4.78 is 19.0. The highest BCUT2D eigenvalue weighted by Gasteiger charge is 2.31. The maximum absolute atomic E-state index is 12.9. The summed E-state index contributed by atoms with van der Waals surface area (Å²) in [4.78, 5) is 54.4. The molecule has 1 fully saturated rings. The Labute approximate surface area is 270 Å². The van der Waals surface area contributed by atoms with Gasteiger partial charge >= 0.3 is 6.09 Å². The molecule has 0 saturated carbocycles. The van der Waals surface area contributed by atoms with E-state index < -0.39 is 17.3 Å². The minimum atomic E-state index is -0.569. The second kappa shape index (κ2) is 15.1. The number of ether oxygens (including phenoxy) is 3. The van der Waals surface area contributed by atoms with Gasteiger partial charge in [0.15, 0.2) is 6.61 Å². The third-order valence-electron chi connectivity index (χ3n) is 6.96. The van der Waals surface area contributed by atoms with Crippen molar-refractivity contribution in [3.63, 3.8) is 0 Å². The van der Waals surface area contributed by atoms with Crippen LogP contribution in [0.2, 0.25) is 0 Å². The van der Waals surface area contributed by atoms with Gasteiger partial charge in [-0.05, 0) is 66.9 Å². The topological polar surface area (TPSA) is 141 Å². The van der Waals surface area contributed by atoms with Crippen LogP contribution >= 0.6 is 11.8 Å². The van der Waals surface area contributed by atoms with E-state index in [0.717, 1.165) is 35.9 Å². The average Bonchev–Trinajstić information content (AvgIpc) is 3.71. The van der Waals surface area contributed by atoms with Crippen molar-refractivity contribution in [2.24, 2.45) is 0 Å². The second-order valence-electron chi connectivity index (χ2n) is 10.3. The summed E-state index contributed by atoms with van der Waals surface area (Å²) >= 11 is 0.972. The molecule has 0 spiro atoms. The highest BCUT2D eigenvalue weighted by molar-refractivity contribution is 8.15. The van der Waals surface area contributed by atoms with Crippen LogP contribution in [0.3, 0.4) is 0 Å². The smallest absolute Gasteiger partial charge is 0.414 e. The van der Waals surface area contributed by atoms with Gasteiger partial charge < -0.3 is 24.1 Å². The second-order valence-corrected chi connectivity index (χ2v) is 11.5. The molecule has 1 aliphatic heterocycles. The average molecular weight is 644 g/mol. The van der Waals surface area contributed by atoms with E-state index >= 15 is 0 Å². The Hall–Kier alpha value is -5.30. The molecule has 1 saturated heterocycles.